The van der Waals surface area contributed by atoms with Crippen LogP contribution in [0, 0.1) is 29.2 Å². The fourth-order valence-electron chi connectivity index (χ4n) is 4.90. The van der Waals surface area contributed by atoms with Gasteiger partial charge in [0.15, 0.2) is 23.3 Å². The number of halogens is 4. The van der Waals surface area contributed by atoms with Gasteiger partial charge >= 0.3 is 5.97 Å². The molecule has 1 saturated heterocycles. The highest BCUT2D eigenvalue weighted by molar-refractivity contribution is 5.79. The maximum absolute atomic E-state index is 14.2. The van der Waals surface area contributed by atoms with Crippen LogP contribution in [0.1, 0.15) is 62.6 Å². The van der Waals surface area contributed by atoms with Gasteiger partial charge in [-0.2, -0.15) is 0 Å². The summed E-state index contributed by atoms with van der Waals surface area (Å²) in [6.45, 7) is 5.08. The fourth-order valence-corrected chi connectivity index (χ4v) is 4.90. The van der Waals surface area contributed by atoms with Gasteiger partial charge in [-0.15, -0.1) is 0 Å². The van der Waals surface area contributed by atoms with Crippen LogP contribution in [0.3, 0.4) is 0 Å². The molecule has 0 aliphatic carbocycles. The Bertz CT molecular complexity index is 1070. The SMILES string of the molecule is CCCCN(CCCC)C(=O)CN1CC(c2ccc(F)c(F)c2)C(C(=O)O)C1c1ccc(F)c(F)c1. The second kappa shape index (κ2) is 12.3. The molecule has 3 atom stereocenters. The molecule has 1 aliphatic heterocycles. The second-order valence-corrected chi connectivity index (χ2v) is 9.28. The summed E-state index contributed by atoms with van der Waals surface area (Å²) in [5.74, 6) is -7.81. The molecule has 0 bridgehead atoms. The summed E-state index contributed by atoms with van der Waals surface area (Å²) in [7, 11) is 0. The van der Waals surface area contributed by atoms with E-state index in [1.165, 1.54) is 12.1 Å². The quantitative estimate of drug-likeness (QED) is 0.407. The minimum atomic E-state index is -1.23. The number of carboxylic acids is 1. The Labute approximate surface area is 208 Å². The van der Waals surface area contributed by atoms with E-state index >= 15 is 0 Å². The smallest absolute Gasteiger partial charge is 0.309 e. The van der Waals surface area contributed by atoms with E-state index in [4.69, 9.17) is 0 Å². The van der Waals surface area contributed by atoms with Crippen molar-refractivity contribution in [3.63, 3.8) is 0 Å². The summed E-state index contributed by atoms with van der Waals surface area (Å²) in [5.41, 5.74) is 0.463. The lowest BCUT2D eigenvalue weighted by Gasteiger charge is -2.30. The van der Waals surface area contributed by atoms with Gasteiger partial charge in [-0.3, -0.25) is 14.5 Å². The number of carbonyl (C=O) groups excluding carboxylic acids is 1. The van der Waals surface area contributed by atoms with Crippen LogP contribution in [0.5, 0.6) is 0 Å². The van der Waals surface area contributed by atoms with Crippen molar-refractivity contribution in [2.75, 3.05) is 26.2 Å². The summed E-state index contributed by atoms with van der Waals surface area (Å²) < 4.78 is 55.5. The first kappa shape index (κ1) is 27.6. The van der Waals surface area contributed by atoms with E-state index in [0.29, 0.717) is 13.1 Å². The molecule has 1 fully saturated rings. The average molecular weight is 509 g/mol. The first-order chi connectivity index (χ1) is 17.2. The Balaban J connectivity index is 2.01. The fraction of sp³-hybridized carbons (Fsp3) is 0.481. The molecule has 2 aromatic carbocycles. The van der Waals surface area contributed by atoms with Crippen LogP contribution >= 0.6 is 0 Å². The summed E-state index contributed by atoms with van der Waals surface area (Å²) in [5, 5.41) is 10.2. The van der Waals surface area contributed by atoms with E-state index < -0.39 is 47.1 Å². The van der Waals surface area contributed by atoms with Crippen LogP contribution in [0.25, 0.3) is 0 Å². The van der Waals surface area contributed by atoms with Gasteiger partial charge < -0.3 is 10.0 Å². The monoisotopic (exact) mass is 508 g/mol. The van der Waals surface area contributed by atoms with Gasteiger partial charge in [0, 0.05) is 31.6 Å². The van der Waals surface area contributed by atoms with Gasteiger partial charge in [0.1, 0.15) is 0 Å². The largest absolute Gasteiger partial charge is 0.481 e. The Morgan fingerprint density at radius 2 is 1.42 bits per heavy atom. The normalized spacial score (nSPS) is 20.0. The van der Waals surface area contributed by atoms with Gasteiger partial charge in [-0.25, -0.2) is 17.6 Å². The van der Waals surface area contributed by atoms with E-state index in [0.717, 1.165) is 49.9 Å². The number of rotatable bonds is 11. The number of carbonyl (C=O) groups is 2. The van der Waals surface area contributed by atoms with Crippen molar-refractivity contribution in [1.29, 1.82) is 0 Å². The molecule has 0 saturated carbocycles. The molecule has 0 spiro atoms. The number of nitrogens with zero attached hydrogens (tertiary/aromatic N) is 2. The molecule has 5 nitrogen and oxygen atoms in total. The molecule has 196 valence electrons. The van der Waals surface area contributed by atoms with Crippen molar-refractivity contribution >= 4 is 11.9 Å². The van der Waals surface area contributed by atoms with E-state index in [1.54, 1.807) is 9.80 Å². The van der Waals surface area contributed by atoms with Gasteiger partial charge in [-0.05, 0) is 48.2 Å². The van der Waals surface area contributed by atoms with Crippen LogP contribution < -0.4 is 0 Å². The number of carboxylic acid groups (broad SMARTS) is 1. The molecule has 1 aliphatic rings. The number of unbranched alkanes of at least 4 members (excludes halogenated alkanes) is 2. The molecule has 1 N–H and O–H groups in total. The molecular weight excluding hydrogens is 476 g/mol. The van der Waals surface area contributed by atoms with Crippen molar-refractivity contribution in [2.45, 2.75) is 51.5 Å². The molecule has 3 rings (SSSR count). The number of amides is 1. The molecule has 9 heteroatoms. The van der Waals surface area contributed by atoms with Crippen LogP contribution in [0.2, 0.25) is 0 Å². The summed E-state index contributed by atoms with van der Waals surface area (Å²) in [6.07, 6.45) is 3.43. The molecular formula is C27H32F4N2O3. The maximum Gasteiger partial charge on any atom is 0.309 e. The summed E-state index contributed by atoms with van der Waals surface area (Å²) in [4.78, 5) is 29.2. The van der Waals surface area contributed by atoms with Gasteiger partial charge in [-0.1, -0.05) is 38.8 Å². The number of hydrogen-bond acceptors (Lipinski definition) is 3. The number of hydrogen-bond donors (Lipinski definition) is 1. The third-order valence-corrected chi connectivity index (χ3v) is 6.79. The summed E-state index contributed by atoms with van der Waals surface area (Å²) >= 11 is 0. The zero-order valence-electron chi connectivity index (χ0n) is 20.5. The maximum atomic E-state index is 14.2. The first-order valence-corrected chi connectivity index (χ1v) is 12.3. The highest BCUT2D eigenvalue weighted by atomic mass is 19.2. The number of likely N-dealkylation sites (tertiary alicyclic amines) is 1. The molecule has 0 aromatic heterocycles. The molecule has 36 heavy (non-hydrogen) atoms. The Kier molecular flexibility index (Phi) is 9.48. The third-order valence-electron chi connectivity index (χ3n) is 6.79. The minimum Gasteiger partial charge on any atom is -0.481 e. The molecule has 0 radical (unpaired) electrons. The predicted molar refractivity (Wildman–Crippen MR) is 127 cm³/mol. The second-order valence-electron chi connectivity index (χ2n) is 9.28. The topological polar surface area (TPSA) is 60.9 Å². The Morgan fingerprint density at radius 3 is 1.92 bits per heavy atom. The van der Waals surface area contributed by atoms with Gasteiger partial charge in [0.25, 0.3) is 0 Å². The van der Waals surface area contributed by atoms with Crippen molar-refractivity contribution in [3.05, 3.63) is 70.8 Å². The van der Waals surface area contributed by atoms with Gasteiger partial charge in [0.2, 0.25) is 5.91 Å². The van der Waals surface area contributed by atoms with Crippen molar-refractivity contribution < 1.29 is 32.3 Å². The lowest BCUT2D eigenvalue weighted by atomic mass is 9.83. The van der Waals surface area contributed by atoms with Crippen molar-refractivity contribution in [1.82, 2.24) is 9.80 Å². The Hall–Kier alpha value is -2.94. The van der Waals surface area contributed by atoms with Gasteiger partial charge in [0.05, 0.1) is 12.5 Å². The predicted octanol–water partition coefficient (Wildman–Crippen LogP) is 5.51. The van der Waals surface area contributed by atoms with Crippen molar-refractivity contribution in [3.8, 4) is 0 Å². The van der Waals surface area contributed by atoms with Crippen LogP contribution in [0.4, 0.5) is 17.6 Å². The standard InChI is InChI=1S/C27H32F4N2O3/c1-3-5-11-32(12-6-4-2)24(34)16-33-15-19(17-7-9-20(28)22(30)13-17)25(27(35)36)26(33)18-8-10-21(29)23(31)14-18/h7-10,13-14,19,25-26H,3-6,11-12,15-16H2,1-2H3,(H,35,36). The van der Waals surface area contributed by atoms with Crippen LogP contribution in [-0.4, -0.2) is 53.0 Å². The zero-order chi connectivity index (χ0) is 26.4. The van der Waals surface area contributed by atoms with Crippen LogP contribution in [-0.2, 0) is 9.59 Å². The lowest BCUT2D eigenvalue weighted by molar-refractivity contribution is -0.144. The van der Waals surface area contributed by atoms with E-state index in [1.807, 2.05) is 13.8 Å². The molecule has 1 heterocycles. The lowest BCUT2D eigenvalue weighted by Crippen LogP contribution is -2.42. The van der Waals surface area contributed by atoms with E-state index in [2.05, 4.69) is 0 Å². The zero-order valence-corrected chi connectivity index (χ0v) is 20.5. The average Bonchev–Trinajstić information content (AvgIpc) is 3.22. The Morgan fingerprint density at radius 1 is 0.889 bits per heavy atom. The highest BCUT2D eigenvalue weighted by Gasteiger charge is 2.48. The third kappa shape index (κ3) is 6.24. The number of benzene rings is 2. The van der Waals surface area contributed by atoms with Crippen LogP contribution in [0.15, 0.2) is 36.4 Å². The minimum absolute atomic E-state index is 0.0484. The van der Waals surface area contributed by atoms with E-state index in [9.17, 15) is 32.3 Å². The highest BCUT2D eigenvalue weighted by Crippen LogP contribution is 2.46. The molecule has 2 aromatic rings. The molecule has 1 amide bonds. The number of aliphatic carboxylic acids is 1. The first-order valence-electron chi connectivity index (χ1n) is 12.3. The van der Waals surface area contributed by atoms with E-state index in [-0.39, 0.29) is 30.1 Å². The summed E-state index contributed by atoms with van der Waals surface area (Å²) in [6, 6.07) is 5.40. The molecule has 3 unspecified atom stereocenters. The van der Waals surface area contributed by atoms with Crippen molar-refractivity contribution in [2.24, 2.45) is 5.92 Å².